The number of benzene rings is 1. The van der Waals surface area contributed by atoms with Gasteiger partial charge in [0, 0.05) is 7.05 Å². The third kappa shape index (κ3) is 4.17. The summed E-state index contributed by atoms with van der Waals surface area (Å²) in [6, 6.07) is 6.60. The van der Waals surface area contributed by atoms with Crippen LogP contribution in [0, 0.1) is 0 Å². The minimum absolute atomic E-state index is 0.00806. The molecule has 1 aromatic rings. The van der Waals surface area contributed by atoms with Crippen LogP contribution in [0.3, 0.4) is 0 Å². The molecule has 2 rings (SSSR count). The molecule has 0 aliphatic carbocycles. The van der Waals surface area contributed by atoms with Crippen LogP contribution in [0.4, 0.5) is 0 Å². The first-order valence-electron chi connectivity index (χ1n) is 7.16. The molecule has 0 unspecified atom stereocenters. The van der Waals surface area contributed by atoms with Crippen molar-refractivity contribution in [2.75, 3.05) is 20.3 Å². The highest BCUT2D eigenvalue weighted by molar-refractivity contribution is 7.80. The van der Waals surface area contributed by atoms with Gasteiger partial charge in [0.05, 0.1) is 6.61 Å². The maximum atomic E-state index is 12.1. The molecule has 1 saturated heterocycles. The Kier molecular flexibility index (Phi) is 5.64. The minimum atomic E-state index is -0.536. The maximum Gasteiger partial charge on any atom is 0.344 e. The molecule has 0 atom stereocenters. The van der Waals surface area contributed by atoms with E-state index in [1.54, 1.807) is 31.2 Å². The second-order valence-corrected chi connectivity index (χ2v) is 5.23. The molecule has 1 aliphatic heterocycles. The smallest absolute Gasteiger partial charge is 0.344 e. The fraction of sp³-hybridized carbons (Fsp3) is 0.250. The summed E-state index contributed by atoms with van der Waals surface area (Å²) in [4.78, 5) is 36.4. The van der Waals surface area contributed by atoms with Gasteiger partial charge in [-0.25, -0.2) is 4.79 Å². The molecule has 24 heavy (non-hydrogen) atoms. The molecule has 1 heterocycles. The summed E-state index contributed by atoms with van der Waals surface area (Å²) < 4.78 is 10.0. The quantitative estimate of drug-likeness (QED) is 0.368. The van der Waals surface area contributed by atoms with Crippen LogP contribution in [0.2, 0.25) is 0 Å². The van der Waals surface area contributed by atoms with Crippen LogP contribution in [-0.2, 0) is 19.1 Å². The molecule has 7 nitrogen and oxygen atoms in total. The van der Waals surface area contributed by atoms with Crippen molar-refractivity contribution in [3.05, 3.63) is 35.4 Å². The van der Waals surface area contributed by atoms with Gasteiger partial charge >= 0.3 is 5.97 Å². The first-order valence-corrected chi connectivity index (χ1v) is 7.56. The summed E-state index contributed by atoms with van der Waals surface area (Å²) in [5.74, 6) is -0.979. The minimum Gasteiger partial charge on any atom is -0.482 e. The molecule has 1 N–H and O–H groups in total. The number of esters is 1. The van der Waals surface area contributed by atoms with E-state index in [9.17, 15) is 14.4 Å². The number of carbonyl (C=O) groups is 3. The van der Waals surface area contributed by atoms with Crippen molar-refractivity contribution in [3.63, 3.8) is 0 Å². The van der Waals surface area contributed by atoms with Gasteiger partial charge in [0.2, 0.25) is 0 Å². The molecule has 2 amide bonds. The van der Waals surface area contributed by atoms with Crippen LogP contribution in [0.1, 0.15) is 12.5 Å². The van der Waals surface area contributed by atoms with E-state index in [2.05, 4.69) is 5.32 Å². The van der Waals surface area contributed by atoms with Gasteiger partial charge in [-0.2, -0.15) is 0 Å². The van der Waals surface area contributed by atoms with Gasteiger partial charge in [-0.15, -0.1) is 0 Å². The van der Waals surface area contributed by atoms with Gasteiger partial charge in [0.1, 0.15) is 11.3 Å². The molecular formula is C16H16N2O5S. The van der Waals surface area contributed by atoms with Crippen LogP contribution < -0.4 is 10.1 Å². The maximum absolute atomic E-state index is 12.1. The molecule has 1 aromatic carbocycles. The topological polar surface area (TPSA) is 84.9 Å². The molecule has 1 fully saturated rings. The average molecular weight is 348 g/mol. The Morgan fingerprint density at radius 2 is 1.96 bits per heavy atom. The summed E-state index contributed by atoms with van der Waals surface area (Å²) in [5, 5.41) is 2.51. The zero-order chi connectivity index (χ0) is 17.7. The molecule has 0 radical (unpaired) electrons. The number of nitrogens with one attached hydrogen (secondary N) is 1. The molecule has 0 bridgehead atoms. The van der Waals surface area contributed by atoms with Gasteiger partial charge in [0.25, 0.3) is 11.8 Å². The van der Waals surface area contributed by atoms with Crippen LogP contribution >= 0.6 is 12.2 Å². The van der Waals surface area contributed by atoms with Crippen molar-refractivity contribution in [2.24, 2.45) is 0 Å². The van der Waals surface area contributed by atoms with Crippen molar-refractivity contribution in [1.29, 1.82) is 0 Å². The fourth-order valence-corrected chi connectivity index (χ4v) is 2.09. The molecule has 1 aliphatic rings. The first kappa shape index (κ1) is 17.6. The standard InChI is InChI=1S/C16H16N2O5S/c1-3-22-13(19)9-23-11-6-4-10(5-7-11)8-12-14(20)17-16(24)18(2)15(12)21/h4-8H,3,9H2,1-2H3,(H,17,20,24). The molecule has 0 saturated carbocycles. The van der Waals surface area contributed by atoms with Crippen molar-refractivity contribution >= 4 is 41.2 Å². The van der Waals surface area contributed by atoms with E-state index in [1.807, 2.05) is 0 Å². The summed E-state index contributed by atoms with van der Waals surface area (Å²) in [6.07, 6.45) is 1.46. The fourth-order valence-electron chi connectivity index (χ4n) is 1.92. The zero-order valence-corrected chi connectivity index (χ0v) is 14.0. The van der Waals surface area contributed by atoms with E-state index >= 15 is 0 Å². The highest BCUT2D eigenvalue weighted by Gasteiger charge is 2.30. The Labute approximate surface area is 144 Å². The second-order valence-electron chi connectivity index (χ2n) is 4.84. The largest absolute Gasteiger partial charge is 0.482 e. The number of thiocarbonyl (C=S) groups is 1. The van der Waals surface area contributed by atoms with E-state index < -0.39 is 17.8 Å². The van der Waals surface area contributed by atoms with Crippen molar-refractivity contribution in [3.8, 4) is 5.75 Å². The molecule has 0 aromatic heterocycles. The number of ether oxygens (including phenoxy) is 2. The number of likely N-dealkylation sites (N-methyl/N-ethyl adjacent to an activating group) is 1. The Morgan fingerprint density at radius 1 is 1.29 bits per heavy atom. The Balaban J connectivity index is 2.08. The lowest BCUT2D eigenvalue weighted by Gasteiger charge is -2.25. The van der Waals surface area contributed by atoms with E-state index in [0.29, 0.717) is 17.9 Å². The Hall–Kier alpha value is -2.74. The summed E-state index contributed by atoms with van der Waals surface area (Å²) in [5.41, 5.74) is 0.629. The monoisotopic (exact) mass is 348 g/mol. The lowest BCUT2D eigenvalue weighted by molar-refractivity contribution is -0.145. The molecule has 0 spiro atoms. The van der Waals surface area contributed by atoms with Gasteiger partial charge in [-0.3, -0.25) is 19.8 Å². The summed E-state index contributed by atoms with van der Waals surface area (Å²) >= 11 is 4.88. The van der Waals surface area contributed by atoms with Crippen LogP contribution in [0.15, 0.2) is 29.8 Å². The van der Waals surface area contributed by atoms with Crippen LogP contribution in [-0.4, -0.2) is 48.1 Å². The van der Waals surface area contributed by atoms with E-state index in [4.69, 9.17) is 21.7 Å². The number of amides is 2. The number of rotatable bonds is 5. The SMILES string of the molecule is CCOC(=O)COc1ccc(C=C2C(=O)NC(=S)N(C)C2=O)cc1. The third-order valence-corrected chi connectivity index (χ3v) is 3.53. The third-order valence-electron chi connectivity index (χ3n) is 3.16. The van der Waals surface area contributed by atoms with Gasteiger partial charge in [-0.1, -0.05) is 12.1 Å². The highest BCUT2D eigenvalue weighted by Crippen LogP contribution is 2.17. The first-order chi connectivity index (χ1) is 11.4. The van der Waals surface area contributed by atoms with Gasteiger partial charge in [-0.05, 0) is 42.9 Å². The normalized spacial score (nSPS) is 16.2. The number of hydrogen-bond donors (Lipinski definition) is 1. The summed E-state index contributed by atoms with van der Waals surface area (Å²) in [6.45, 7) is 1.83. The van der Waals surface area contributed by atoms with E-state index in [1.165, 1.54) is 18.0 Å². The highest BCUT2D eigenvalue weighted by atomic mass is 32.1. The Bertz CT molecular complexity index is 712. The van der Waals surface area contributed by atoms with Gasteiger partial charge in [0.15, 0.2) is 11.7 Å². The van der Waals surface area contributed by atoms with Crippen LogP contribution in [0.5, 0.6) is 5.75 Å². The lowest BCUT2D eigenvalue weighted by Crippen LogP contribution is -2.52. The molecular weight excluding hydrogens is 332 g/mol. The zero-order valence-electron chi connectivity index (χ0n) is 13.2. The predicted molar refractivity (Wildman–Crippen MR) is 90.1 cm³/mol. The van der Waals surface area contributed by atoms with Gasteiger partial charge < -0.3 is 9.47 Å². The number of carbonyl (C=O) groups excluding carboxylic acids is 3. The number of hydrogen-bond acceptors (Lipinski definition) is 6. The van der Waals surface area contributed by atoms with Crippen molar-refractivity contribution < 1.29 is 23.9 Å². The van der Waals surface area contributed by atoms with E-state index in [-0.39, 0.29) is 17.3 Å². The molecule has 126 valence electrons. The second kappa shape index (κ2) is 7.69. The van der Waals surface area contributed by atoms with E-state index in [0.717, 1.165) is 0 Å². The molecule has 8 heteroatoms. The Morgan fingerprint density at radius 3 is 2.58 bits per heavy atom. The number of nitrogens with zero attached hydrogens (tertiary/aromatic N) is 1. The lowest BCUT2D eigenvalue weighted by atomic mass is 10.1. The van der Waals surface area contributed by atoms with Crippen molar-refractivity contribution in [1.82, 2.24) is 10.2 Å². The average Bonchev–Trinajstić information content (AvgIpc) is 2.56. The van der Waals surface area contributed by atoms with Crippen molar-refractivity contribution in [2.45, 2.75) is 6.92 Å². The summed E-state index contributed by atoms with van der Waals surface area (Å²) in [7, 11) is 1.49. The van der Waals surface area contributed by atoms with Crippen LogP contribution in [0.25, 0.3) is 6.08 Å². The predicted octanol–water partition coefficient (Wildman–Crippen LogP) is 0.885.